The monoisotopic (exact) mass is 183 g/mol. The van der Waals surface area contributed by atoms with Crippen LogP contribution in [0.2, 0.25) is 0 Å². The van der Waals surface area contributed by atoms with Gasteiger partial charge in [-0.05, 0) is 32.1 Å². The summed E-state index contributed by atoms with van der Waals surface area (Å²) in [7, 11) is 0. The zero-order valence-corrected chi connectivity index (χ0v) is 9.88. The Kier molecular flexibility index (Phi) is 3.78. The molecule has 0 spiro atoms. The first kappa shape index (κ1) is 11.0. The second-order valence-electron chi connectivity index (χ2n) is 5.11. The highest BCUT2D eigenvalue weighted by Crippen LogP contribution is 2.31. The minimum Gasteiger partial charge on any atom is -0.297 e. The molecule has 1 saturated heterocycles. The first-order valence-corrected chi connectivity index (χ1v) is 5.82. The smallest absolute Gasteiger partial charge is 0.0124 e. The maximum Gasteiger partial charge on any atom is 0.0124 e. The van der Waals surface area contributed by atoms with Gasteiger partial charge < -0.3 is 0 Å². The molecule has 1 rings (SSSR count). The van der Waals surface area contributed by atoms with E-state index in [0.29, 0.717) is 0 Å². The molecule has 0 aliphatic carbocycles. The second-order valence-corrected chi connectivity index (χ2v) is 5.11. The Morgan fingerprint density at radius 1 is 1.23 bits per heavy atom. The van der Waals surface area contributed by atoms with Gasteiger partial charge in [0.25, 0.3) is 0 Å². The molecule has 0 aromatic rings. The van der Waals surface area contributed by atoms with Gasteiger partial charge >= 0.3 is 0 Å². The van der Waals surface area contributed by atoms with Gasteiger partial charge in [0.05, 0.1) is 0 Å². The molecule has 1 nitrogen and oxygen atoms in total. The molecule has 0 radical (unpaired) electrons. The average Bonchev–Trinajstić information content (AvgIpc) is 2.47. The van der Waals surface area contributed by atoms with Gasteiger partial charge in [0.1, 0.15) is 0 Å². The second kappa shape index (κ2) is 4.45. The van der Waals surface area contributed by atoms with Crippen LogP contribution in [0.15, 0.2) is 0 Å². The van der Waals surface area contributed by atoms with Crippen LogP contribution in [0, 0.1) is 11.8 Å². The topological polar surface area (TPSA) is 3.24 Å². The van der Waals surface area contributed by atoms with Crippen molar-refractivity contribution in [2.45, 2.75) is 59.5 Å². The Morgan fingerprint density at radius 2 is 1.85 bits per heavy atom. The average molecular weight is 183 g/mol. The maximum atomic E-state index is 2.69. The van der Waals surface area contributed by atoms with Crippen molar-refractivity contribution in [2.24, 2.45) is 11.8 Å². The Bertz CT molecular complexity index is 135. The first-order chi connectivity index (χ1) is 6.06. The maximum absolute atomic E-state index is 2.69. The van der Waals surface area contributed by atoms with Gasteiger partial charge in [0.2, 0.25) is 0 Å². The van der Waals surface area contributed by atoms with Crippen LogP contribution in [0.4, 0.5) is 0 Å². The largest absolute Gasteiger partial charge is 0.297 e. The predicted molar refractivity (Wildman–Crippen MR) is 58.9 cm³/mol. The van der Waals surface area contributed by atoms with Gasteiger partial charge in [-0.25, -0.2) is 0 Å². The summed E-state index contributed by atoms with van der Waals surface area (Å²) in [4.78, 5) is 2.69. The molecule has 1 fully saturated rings. The molecule has 0 amide bonds. The van der Waals surface area contributed by atoms with Crippen LogP contribution >= 0.6 is 0 Å². The summed E-state index contributed by atoms with van der Waals surface area (Å²) >= 11 is 0. The predicted octanol–water partition coefficient (Wildman–Crippen LogP) is 3.15. The lowest BCUT2D eigenvalue weighted by atomic mass is 9.96. The molecule has 0 bridgehead atoms. The molecule has 1 unspecified atom stereocenters. The molecule has 1 heterocycles. The minimum absolute atomic E-state index is 0.726. The molecular formula is C12H25N. The van der Waals surface area contributed by atoms with Crippen LogP contribution in [-0.2, 0) is 0 Å². The van der Waals surface area contributed by atoms with Crippen molar-refractivity contribution in [3.05, 3.63) is 0 Å². The molecule has 0 aromatic heterocycles. The molecule has 13 heavy (non-hydrogen) atoms. The van der Waals surface area contributed by atoms with Crippen molar-refractivity contribution < 1.29 is 0 Å². The summed E-state index contributed by atoms with van der Waals surface area (Å²) in [6, 6.07) is 1.56. The van der Waals surface area contributed by atoms with E-state index < -0.39 is 0 Å². The minimum atomic E-state index is 0.726. The summed E-state index contributed by atoms with van der Waals surface area (Å²) < 4.78 is 0. The lowest BCUT2D eigenvalue weighted by Crippen LogP contribution is -2.38. The summed E-state index contributed by atoms with van der Waals surface area (Å²) in [5, 5.41) is 0. The van der Waals surface area contributed by atoms with Crippen LogP contribution in [0.25, 0.3) is 0 Å². The Balaban J connectivity index is 2.60. The molecule has 0 N–H and O–H groups in total. The number of rotatable bonds is 3. The van der Waals surface area contributed by atoms with E-state index in [1.165, 1.54) is 19.4 Å². The SMILES string of the molecule is CCC1C[C@@H](C(C)C)N(C(C)C)C1. The van der Waals surface area contributed by atoms with E-state index >= 15 is 0 Å². The lowest BCUT2D eigenvalue weighted by Gasteiger charge is -2.30. The van der Waals surface area contributed by atoms with E-state index in [1.807, 2.05) is 0 Å². The van der Waals surface area contributed by atoms with Crippen molar-refractivity contribution >= 4 is 0 Å². The van der Waals surface area contributed by atoms with Gasteiger partial charge in [0.15, 0.2) is 0 Å². The summed E-state index contributed by atoms with van der Waals surface area (Å²) in [6.07, 6.45) is 2.78. The fourth-order valence-corrected chi connectivity index (χ4v) is 2.53. The zero-order valence-electron chi connectivity index (χ0n) is 9.88. The van der Waals surface area contributed by atoms with E-state index in [4.69, 9.17) is 0 Å². The van der Waals surface area contributed by atoms with Crippen LogP contribution in [-0.4, -0.2) is 23.5 Å². The van der Waals surface area contributed by atoms with Crippen LogP contribution in [0.1, 0.15) is 47.5 Å². The number of hydrogen-bond acceptors (Lipinski definition) is 1. The number of nitrogens with zero attached hydrogens (tertiary/aromatic N) is 1. The Hall–Kier alpha value is -0.0400. The molecule has 78 valence electrons. The molecule has 0 aromatic carbocycles. The van der Waals surface area contributed by atoms with Gasteiger partial charge in [0, 0.05) is 18.6 Å². The third-order valence-electron chi connectivity index (χ3n) is 3.48. The van der Waals surface area contributed by atoms with Gasteiger partial charge in [-0.1, -0.05) is 27.2 Å². The van der Waals surface area contributed by atoms with Gasteiger partial charge in [-0.2, -0.15) is 0 Å². The van der Waals surface area contributed by atoms with Crippen molar-refractivity contribution in [3.63, 3.8) is 0 Å². The highest BCUT2D eigenvalue weighted by atomic mass is 15.2. The molecule has 0 saturated carbocycles. The molecular weight excluding hydrogens is 158 g/mol. The molecule has 1 aliphatic rings. The zero-order chi connectivity index (χ0) is 10.0. The van der Waals surface area contributed by atoms with E-state index in [2.05, 4.69) is 39.5 Å². The van der Waals surface area contributed by atoms with E-state index in [0.717, 1.165) is 23.9 Å². The normalized spacial score (nSPS) is 30.7. The molecule has 2 atom stereocenters. The van der Waals surface area contributed by atoms with E-state index in [-0.39, 0.29) is 0 Å². The van der Waals surface area contributed by atoms with E-state index in [1.54, 1.807) is 0 Å². The fraction of sp³-hybridized carbons (Fsp3) is 1.00. The van der Waals surface area contributed by atoms with Crippen LogP contribution in [0.3, 0.4) is 0 Å². The highest BCUT2D eigenvalue weighted by Gasteiger charge is 2.33. The van der Waals surface area contributed by atoms with Crippen molar-refractivity contribution in [3.8, 4) is 0 Å². The van der Waals surface area contributed by atoms with Gasteiger partial charge in [-0.3, -0.25) is 4.90 Å². The molecule has 1 aliphatic heterocycles. The third-order valence-corrected chi connectivity index (χ3v) is 3.48. The van der Waals surface area contributed by atoms with Crippen LogP contribution in [0.5, 0.6) is 0 Å². The van der Waals surface area contributed by atoms with E-state index in [9.17, 15) is 0 Å². The van der Waals surface area contributed by atoms with Crippen molar-refractivity contribution in [1.82, 2.24) is 4.90 Å². The number of likely N-dealkylation sites (tertiary alicyclic amines) is 1. The summed E-state index contributed by atoms with van der Waals surface area (Å²) in [5.74, 6) is 1.77. The van der Waals surface area contributed by atoms with Crippen molar-refractivity contribution in [2.75, 3.05) is 6.54 Å². The Morgan fingerprint density at radius 3 is 2.15 bits per heavy atom. The molecule has 1 heteroatoms. The highest BCUT2D eigenvalue weighted by molar-refractivity contribution is 4.88. The first-order valence-electron chi connectivity index (χ1n) is 5.82. The summed E-state index contributed by atoms with van der Waals surface area (Å²) in [5.41, 5.74) is 0. The lowest BCUT2D eigenvalue weighted by molar-refractivity contribution is 0.164. The third kappa shape index (κ3) is 2.46. The van der Waals surface area contributed by atoms with Crippen molar-refractivity contribution in [1.29, 1.82) is 0 Å². The standard InChI is InChI=1S/C12H25N/c1-6-11-7-12(9(2)3)13(8-11)10(4)5/h9-12H,6-8H2,1-5H3/t11?,12-/m0/s1. The Labute approximate surface area is 83.5 Å². The fourth-order valence-electron chi connectivity index (χ4n) is 2.53. The van der Waals surface area contributed by atoms with Gasteiger partial charge in [-0.15, -0.1) is 0 Å². The number of hydrogen-bond donors (Lipinski definition) is 0. The van der Waals surface area contributed by atoms with Crippen LogP contribution < -0.4 is 0 Å². The quantitative estimate of drug-likeness (QED) is 0.649. The summed E-state index contributed by atoms with van der Waals surface area (Å²) in [6.45, 7) is 13.0.